The van der Waals surface area contributed by atoms with Crippen LogP contribution in [0.1, 0.15) is 27.9 Å². The van der Waals surface area contributed by atoms with Crippen LogP contribution in [0.25, 0.3) is 17.0 Å². The van der Waals surface area contributed by atoms with Crippen molar-refractivity contribution in [1.82, 2.24) is 19.8 Å². The van der Waals surface area contributed by atoms with Gasteiger partial charge in [-0.25, -0.2) is 27.3 Å². The Bertz CT molecular complexity index is 1710. The van der Waals surface area contributed by atoms with Crippen molar-refractivity contribution in [3.05, 3.63) is 104 Å². The molecule has 0 bridgehead atoms. The summed E-state index contributed by atoms with van der Waals surface area (Å²) in [4.78, 5) is 19.2. The highest BCUT2D eigenvalue weighted by molar-refractivity contribution is 6.31. The molecule has 0 atom stereocenters. The summed E-state index contributed by atoms with van der Waals surface area (Å²) in [5.41, 5.74) is 2.57. The summed E-state index contributed by atoms with van der Waals surface area (Å²) in [6.45, 7) is 1.27. The SMILES string of the molecule is Cl.N#Cc1ccc2c(c1)c1c(n2C(=O)NCc2ccnc(Cl)c2)CCN(C/C=C/c2c(F)c(F)c(Cl)c(F)c2F)C1. The fourth-order valence-corrected chi connectivity index (χ4v) is 5.13. The fraction of sp³-hybridized carbons (Fsp3) is 0.179. The van der Waals surface area contributed by atoms with E-state index >= 15 is 0 Å². The third-order valence-electron chi connectivity index (χ3n) is 6.69. The molecule has 0 radical (unpaired) electrons. The molecule has 0 saturated heterocycles. The Morgan fingerprint density at radius 1 is 1.10 bits per heavy atom. The Morgan fingerprint density at radius 2 is 1.83 bits per heavy atom. The molecule has 0 aliphatic carbocycles. The number of amides is 1. The lowest BCUT2D eigenvalue weighted by molar-refractivity contribution is 0.240. The number of nitrogens with zero attached hydrogens (tertiary/aromatic N) is 4. The third kappa shape index (κ3) is 5.90. The van der Waals surface area contributed by atoms with Gasteiger partial charge in [-0.1, -0.05) is 35.4 Å². The fourth-order valence-electron chi connectivity index (χ4n) is 4.77. The summed E-state index contributed by atoms with van der Waals surface area (Å²) in [7, 11) is 0. The first-order valence-electron chi connectivity index (χ1n) is 12.0. The van der Waals surface area contributed by atoms with Crippen molar-refractivity contribution >= 4 is 58.6 Å². The molecule has 2 aromatic heterocycles. The topological polar surface area (TPSA) is 74.0 Å². The number of nitrogens with one attached hydrogen (secondary N) is 1. The van der Waals surface area contributed by atoms with Crippen molar-refractivity contribution in [3.63, 3.8) is 0 Å². The van der Waals surface area contributed by atoms with Crippen LogP contribution in [0.2, 0.25) is 10.2 Å². The Morgan fingerprint density at radius 3 is 2.51 bits per heavy atom. The second kappa shape index (κ2) is 12.5. The number of benzene rings is 2. The van der Waals surface area contributed by atoms with Gasteiger partial charge in [0.05, 0.1) is 22.7 Å². The second-order valence-corrected chi connectivity index (χ2v) is 9.89. The van der Waals surface area contributed by atoms with E-state index in [1.54, 1.807) is 41.1 Å². The Kier molecular flexibility index (Phi) is 9.24. The van der Waals surface area contributed by atoms with Crippen molar-refractivity contribution in [3.8, 4) is 6.07 Å². The van der Waals surface area contributed by atoms with Crippen LogP contribution < -0.4 is 5.32 Å². The molecule has 212 valence electrons. The van der Waals surface area contributed by atoms with E-state index in [-0.39, 0.29) is 31.5 Å². The number of aromatic nitrogens is 2. The molecule has 0 unspecified atom stereocenters. The smallest absolute Gasteiger partial charge is 0.326 e. The zero-order chi connectivity index (χ0) is 28.6. The minimum atomic E-state index is -1.66. The highest BCUT2D eigenvalue weighted by Gasteiger charge is 2.27. The minimum absolute atomic E-state index is 0. The van der Waals surface area contributed by atoms with Gasteiger partial charge in [0.15, 0.2) is 23.3 Å². The predicted molar refractivity (Wildman–Crippen MR) is 150 cm³/mol. The molecule has 41 heavy (non-hydrogen) atoms. The largest absolute Gasteiger partial charge is 0.333 e. The molecule has 0 saturated carbocycles. The molecule has 0 spiro atoms. The number of hydrogen-bond acceptors (Lipinski definition) is 4. The molecule has 4 aromatic rings. The van der Waals surface area contributed by atoms with Crippen molar-refractivity contribution in [2.24, 2.45) is 0 Å². The Labute approximate surface area is 248 Å². The normalized spacial score (nSPS) is 13.2. The van der Waals surface area contributed by atoms with E-state index in [9.17, 15) is 27.6 Å². The molecule has 6 nitrogen and oxygen atoms in total. The lowest BCUT2D eigenvalue weighted by atomic mass is 10.0. The number of halogens is 7. The van der Waals surface area contributed by atoms with Crippen LogP contribution in [-0.2, 0) is 19.5 Å². The van der Waals surface area contributed by atoms with Crippen LogP contribution in [0.15, 0.2) is 42.6 Å². The molecule has 5 rings (SSSR count). The highest BCUT2D eigenvalue weighted by atomic mass is 35.5. The van der Waals surface area contributed by atoms with Crippen molar-refractivity contribution in [2.45, 2.75) is 19.5 Å². The first-order valence-corrected chi connectivity index (χ1v) is 12.8. The summed E-state index contributed by atoms with van der Waals surface area (Å²) in [5.74, 6) is -6.47. The minimum Gasteiger partial charge on any atom is -0.333 e. The van der Waals surface area contributed by atoms with Gasteiger partial charge in [0.2, 0.25) is 0 Å². The number of rotatable bonds is 5. The molecule has 3 heterocycles. The van der Waals surface area contributed by atoms with E-state index in [1.165, 1.54) is 6.08 Å². The van der Waals surface area contributed by atoms with Crippen LogP contribution in [0.4, 0.5) is 22.4 Å². The molecule has 1 N–H and O–H groups in total. The highest BCUT2D eigenvalue weighted by Crippen LogP contribution is 2.32. The van der Waals surface area contributed by atoms with Crippen LogP contribution >= 0.6 is 35.6 Å². The van der Waals surface area contributed by atoms with Crippen molar-refractivity contribution in [1.29, 1.82) is 5.26 Å². The summed E-state index contributed by atoms with van der Waals surface area (Å²) < 4.78 is 57.5. The summed E-state index contributed by atoms with van der Waals surface area (Å²) >= 11 is 11.2. The van der Waals surface area contributed by atoms with Gasteiger partial charge >= 0.3 is 6.03 Å². The number of pyridine rings is 1. The van der Waals surface area contributed by atoms with Crippen molar-refractivity contribution in [2.75, 3.05) is 13.1 Å². The van der Waals surface area contributed by atoms with Crippen LogP contribution in [-0.4, -0.2) is 33.6 Å². The van der Waals surface area contributed by atoms with E-state index in [1.807, 2.05) is 4.90 Å². The number of carbonyl (C=O) groups is 1. The Hall–Kier alpha value is -3.62. The molecule has 0 fully saturated rings. The van der Waals surface area contributed by atoms with Crippen LogP contribution in [0.3, 0.4) is 0 Å². The number of hydrogen-bond donors (Lipinski definition) is 1. The standard InChI is InChI=1S/C28H19Cl2F4N5O.ClH/c29-22-11-16(5-7-36-22)13-37-28(40)39-20-4-3-15(12-35)10-18(20)19-14-38(9-6-21(19)39)8-1-2-17-24(31)26(33)23(30)27(34)25(17)32;/h1-5,7,10-11H,6,8-9,13-14H2,(H,37,40);1H/b2-1+;. The van der Waals surface area contributed by atoms with Crippen LogP contribution in [0, 0.1) is 34.6 Å². The predicted octanol–water partition coefficient (Wildman–Crippen LogP) is 7.02. The zero-order valence-electron chi connectivity index (χ0n) is 21.0. The maximum absolute atomic E-state index is 14.2. The van der Waals surface area contributed by atoms with E-state index in [4.69, 9.17) is 23.2 Å². The van der Waals surface area contributed by atoms with Gasteiger partial charge in [0, 0.05) is 49.9 Å². The third-order valence-corrected chi connectivity index (χ3v) is 7.22. The molecule has 13 heteroatoms. The monoisotopic (exact) mass is 623 g/mol. The molecular weight excluding hydrogens is 605 g/mol. The number of fused-ring (bicyclic) bond motifs is 3. The quantitative estimate of drug-likeness (QED) is 0.112. The Balaban J connectivity index is 0.00000387. The molecule has 1 aliphatic heterocycles. The lowest BCUT2D eigenvalue weighted by Crippen LogP contribution is -2.34. The lowest BCUT2D eigenvalue weighted by Gasteiger charge is -2.27. The molecule has 2 aromatic carbocycles. The summed E-state index contributed by atoms with van der Waals surface area (Å²) in [6, 6.07) is 10.2. The van der Waals surface area contributed by atoms with Gasteiger partial charge in [-0.2, -0.15) is 5.26 Å². The first-order chi connectivity index (χ1) is 19.2. The van der Waals surface area contributed by atoms with Gasteiger partial charge in [-0.05, 0) is 41.5 Å². The summed E-state index contributed by atoms with van der Waals surface area (Å²) in [5, 5.41) is 12.1. The second-order valence-electron chi connectivity index (χ2n) is 9.12. The maximum Gasteiger partial charge on any atom is 0.326 e. The van der Waals surface area contributed by atoms with Gasteiger partial charge in [0.25, 0.3) is 0 Å². The van der Waals surface area contributed by atoms with Gasteiger partial charge in [-0.3, -0.25) is 9.47 Å². The first kappa shape index (κ1) is 30.3. The average Bonchev–Trinajstić information content (AvgIpc) is 3.28. The van der Waals surface area contributed by atoms with Gasteiger partial charge < -0.3 is 5.32 Å². The molecule has 1 aliphatic rings. The van der Waals surface area contributed by atoms with Gasteiger partial charge in [-0.15, -0.1) is 12.4 Å². The number of nitriles is 1. The zero-order valence-corrected chi connectivity index (χ0v) is 23.4. The molecule has 1 amide bonds. The average molecular weight is 625 g/mol. The van der Waals surface area contributed by atoms with E-state index in [0.29, 0.717) is 35.7 Å². The molecular formula is C28H20Cl3F4N5O. The van der Waals surface area contributed by atoms with Crippen molar-refractivity contribution < 1.29 is 22.4 Å². The maximum atomic E-state index is 14.2. The van der Waals surface area contributed by atoms with Crippen LogP contribution in [0.5, 0.6) is 0 Å². The van der Waals surface area contributed by atoms with E-state index in [2.05, 4.69) is 16.4 Å². The summed E-state index contributed by atoms with van der Waals surface area (Å²) in [6.07, 6.45) is 4.37. The van der Waals surface area contributed by atoms with E-state index in [0.717, 1.165) is 28.3 Å². The van der Waals surface area contributed by atoms with E-state index < -0.39 is 33.9 Å². The number of carbonyl (C=O) groups excluding carboxylic acids is 1. The van der Waals surface area contributed by atoms with Gasteiger partial charge in [0.1, 0.15) is 10.2 Å².